The number of esters is 2. The van der Waals surface area contributed by atoms with Gasteiger partial charge in [-0.05, 0) is 48.5 Å². The number of carbonyl (C=O) groups excluding carboxylic acids is 2. The molecule has 202 valence electrons. The molecule has 0 amide bonds. The van der Waals surface area contributed by atoms with Gasteiger partial charge in [-0.2, -0.15) is 13.2 Å². The molecule has 2 rings (SSSR count). The lowest BCUT2D eigenvalue weighted by atomic mass is 9.97. The predicted molar refractivity (Wildman–Crippen MR) is 114 cm³/mol. The Morgan fingerprint density at radius 3 is 1.25 bits per heavy atom. The van der Waals surface area contributed by atoms with Crippen molar-refractivity contribution in [3.8, 4) is 11.5 Å². The first-order valence-electron chi connectivity index (χ1n) is 9.81. The van der Waals surface area contributed by atoms with Crippen LogP contribution in [-0.2, 0) is 9.59 Å². The van der Waals surface area contributed by atoms with E-state index >= 15 is 0 Å². The summed E-state index contributed by atoms with van der Waals surface area (Å²) in [5.74, 6) is -18.0. The fourth-order valence-electron chi connectivity index (χ4n) is 1.95. The van der Waals surface area contributed by atoms with Crippen LogP contribution in [0.25, 0.3) is 0 Å². The van der Waals surface area contributed by atoms with Crippen LogP contribution < -0.4 is 9.47 Å². The monoisotopic (exact) mass is 530 g/mol. The van der Waals surface area contributed by atoms with Crippen LogP contribution in [0, 0.1) is 64.3 Å². The van der Waals surface area contributed by atoms with Crippen LogP contribution >= 0.6 is 0 Å². The number of ether oxygens (including phenoxy) is 2. The molecule has 0 heterocycles. The van der Waals surface area contributed by atoms with Crippen LogP contribution in [0.15, 0.2) is 6.07 Å². The van der Waals surface area contributed by atoms with E-state index in [4.69, 9.17) is 0 Å². The predicted octanol–water partition coefficient (Wildman–Crippen LogP) is 7.33. The summed E-state index contributed by atoms with van der Waals surface area (Å²) in [7, 11) is 0. The fraction of sp³-hybridized carbons (Fsp3) is 0.417. The highest BCUT2D eigenvalue weighted by Crippen LogP contribution is 2.31. The molecular formula is C24H26F8O4. The van der Waals surface area contributed by atoms with Gasteiger partial charge < -0.3 is 9.47 Å². The summed E-state index contributed by atoms with van der Waals surface area (Å²) in [6, 6.07) is 0.0408. The molecule has 0 spiro atoms. The van der Waals surface area contributed by atoms with Crippen molar-refractivity contribution >= 4 is 11.9 Å². The van der Waals surface area contributed by atoms with Gasteiger partial charge in [0.1, 0.15) is 0 Å². The molecule has 0 bridgehead atoms. The number of hydrogen-bond acceptors (Lipinski definition) is 4. The zero-order chi connectivity index (χ0) is 27.6. The van der Waals surface area contributed by atoms with E-state index in [1.807, 2.05) is 0 Å². The molecule has 0 aromatic heterocycles. The molecule has 0 N–H and O–H groups in total. The maximum atomic E-state index is 13.5. The molecule has 2 aromatic carbocycles. The highest BCUT2D eigenvalue weighted by atomic mass is 19.2. The molecule has 0 unspecified atom stereocenters. The quantitative estimate of drug-likeness (QED) is 0.134. The zero-order valence-corrected chi connectivity index (χ0v) is 19.7. The van der Waals surface area contributed by atoms with Gasteiger partial charge in [0.05, 0.1) is 10.8 Å². The van der Waals surface area contributed by atoms with Gasteiger partial charge in [0.15, 0.2) is 29.1 Å². The lowest BCUT2D eigenvalue weighted by Crippen LogP contribution is -2.26. The average molecular weight is 530 g/mol. The largest absolute Gasteiger partial charge is 0.420 e. The van der Waals surface area contributed by atoms with E-state index in [0.717, 1.165) is 6.92 Å². The maximum absolute atomic E-state index is 13.5. The van der Waals surface area contributed by atoms with E-state index in [-0.39, 0.29) is 13.5 Å². The Morgan fingerprint density at radius 2 is 0.917 bits per heavy atom. The highest BCUT2D eigenvalue weighted by Gasteiger charge is 2.31. The van der Waals surface area contributed by atoms with Crippen LogP contribution in [-0.4, -0.2) is 11.9 Å². The lowest BCUT2D eigenvalue weighted by molar-refractivity contribution is -0.144. The second-order valence-corrected chi connectivity index (χ2v) is 9.29. The Bertz CT molecular complexity index is 1090. The van der Waals surface area contributed by atoms with E-state index in [1.54, 1.807) is 0 Å². The van der Waals surface area contributed by atoms with E-state index in [9.17, 15) is 44.7 Å². The summed E-state index contributed by atoms with van der Waals surface area (Å²) in [5.41, 5.74) is -2.83. The third kappa shape index (κ3) is 7.41. The first-order chi connectivity index (χ1) is 15.7. The van der Waals surface area contributed by atoms with Crippen molar-refractivity contribution in [2.24, 2.45) is 10.8 Å². The topological polar surface area (TPSA) is 52.6 Å². The Morgan fingerprint density at radius 1 is 0.583 bits per heavy atom. The van der Waals surface area contributed by atoms with Crippen molar-refractivity contribution in [2.75, 3.05) is 0 Å². The van der Waals surface area contributed by atoms with E-state index in [1.165, 1.54) is 41.5 Å². The minimum absolute atomic E-state index is 0. The Labute approximate surface area is 203 Å². The van der Waals surface area contributed by atoms with Crippen LogP contribution in [0.4, 0.5) is 35.1 Å². The highest BCUT2D eigenvalue weighted by molar-refractivity contribution is 5.78. The van der Waals surface area contributed by atoms with Crippen molar-refractivity contribution in [1.29, 1.82) is 0 Å². The van der Waals surface area contributed by atoms with Crippen LogP contribution in [0.1, 0.15) is 54.5 Å². The molecule has 0 saturated heterocycles. The van der Waals surface area contributed by atoms with Gasteiger partial charge in [-0.3, -0.25) is 9.59 Å². The van der Waals surface area contributed by atoms with E-state index in [0.29, 0.717) is 0 Å². The summed E-state index contributed by atoms with van der Waals surface area (Å²) in [6.07, 6.45) is 0. The summed E-state index contributed by atoms with van der Waals surface area (Å²) in [5, 5.41) is 0. The van der Waals surface area contributed by atoms with Crippen molar-refractivity contribution in [3.63, 3.8) is 0 Å². The zero-order valence-electron chi connectivity index (χ0n) is 19.7. The molecule has 0 atom stereocenters. The SMILES string of the molecule is C.CC(C)(C)C(=O)Oc1c(F)c(F)cc(F)c1F.Cc1c(F)c(F)c(F)c(OC(=O)C(C)(C)C)c1F. The van der Waals surface area contributed by atoms with Gasteiger partial charge in [0.25, 0.3) is 0 Å². The van der Waals surface area contributed by atoms with Gasteiger partial charge >= 0.3 is 11.9 Å². The van der Waals surface area contributed by atoms with Gasteiger partial charge in [-0.1, -0.05) is 7.43 Å². The first kappa shape index (κ1) is 32.8. The molecule has 36 heavy (non-hydrogen) atoms. The fourth-order valence-corrected chi connectivity index (χ4v) is 1.95. The number of rotatable bonds is 2. The van der Waals surface area contributed by atoms with Gasteiger partial charge in [0, 0.05) is 11.6 Å². The molecule has 0 aliphatic heterocycles. The molecular weight excluding hydrogens is 504 g/mol. The van der Waals surface area contributed by atoms with Gasteiger partial charge in [-0.25, -0.2) is 22.0 Å². The molecule has 0 fully saturated rings. The minimum Gasteiger partial charge on any atom is -0.420 e. The van der Waals surface area contributed by atoms with Crippen molar-refractivity contribution in [3.05, 3.63) is 58.2 Å². The van der Waals surface area contributed by atoms with Crippen molar-refractivity contribution in [2.45, 2.75) is 55.9 Å². The molecule has 0 saturated carbocycles. The van der Waals surface area contributed by atoms with Crippen molar-refractivity contribution < 1.29 is 54.2 Å². The molecule has 12 heteroatoms. The smallest absolute Gasteiger partial charge is 0.316 e. The summed E-state index contributed by atoms with van der Waals surface area (Å²) in [4.78, 5) is 22.8. The van der Waals surface area contributed by atoms with E-state index < -0.39 is 86.4 Å². The number of halogens is 8. The summed E-state index contributed by atoms with van der Waals surface area (Å²) >= 11 is 0. The molecule has 0 aliphatic carbocycles. The summed E-state index contributed by atoms with van der Waals surface area (Å²) < 4.78 is 114. The minimum atomic E-state index is -1.87. The second kappa shape index (κ2) is 11.7. The van der Waals surface area contributed by atoms with Gasteiger partial charge in [-0.15, -0.1) is 0 Å². The van der Waals surface area contributed by atoms with Crippen molar-refractivity contribution in [1.82, 2.24) is 0 Å². The summed E-state index contributed by atoms with van der Waals surface area (Å²) in [6.45, 7) is 9.58. The Kier molecular flexibility index (Phi) is 10.7. The lowest BCUT2D eigenvalue weighted by Gasteiger charge is -2.17. The second-order valence-electron chi connectivity index (χ2n) is 9.29. The molecule has 0 radical (unpaired) electrons. The van der Waals surface area contributed by atoms with E-state index in [2.05, 4.69) is 9.47 Å². The maximum Gasteiger partial charge on any atom is 0.316 e. The normalized spacial score (nSPS) is 11.2. The number of carbonyl (C=O) groups is 2. The third-order valence-electron chi connectivity index (χ3n) is 4.13. The Hall–Kier alpha value is -3.18. The Balaban J connectivity index is 0.000000663. The van der Waals surface area contributed by atoms with Crippen LogP contribution in [0.5, 0.6) is 11.5 Å². The average Bonchev–Trinajstić information content (AvgIpc) is 2.74. The standard InChI is InChI=1S/C12H12F4O2.C11H10F4O2.CH4/c1-5-6(13)8(15)9(16)10(7(5)14)18-11(17)12(2,3)4;1-11(2,3)10(16)17-9-7(14)5(12)4-6(13)8(9)15;/h1-4H3;4H,1-3H3;1H4. The van der Waals surface area contributed by atoms with Gasteiger partial charge in [0.2, 0.25) is 29.0 Å². The number of hydrogen-bond donors (Lipinski definition) is 0. The van der Waals surface area contributed by atoms with Crippen LogP contribution in [0.3, 0.4) is 0 Å². The number of benzene rings is 2. The first-order valence-corrected chi connectivity index (χ1v) is 9.81. The molecule has 0 aliphatic rings. The molecule has 4 nitrogen and oxygen atoms in total. The van der Waals surface area contributed by atoms with Crippen LogP contribution in [0.2, 0.25) is 0 Å². The molecule has 2 aromatic rings. The third-order valence-corrected chi connectivity index (χ3v) is 4.13.